The van der Waals surface area contributed by atoms with Gasteiger partial charge in [-0.15, -0.1) is 0 Å². The molecule has 3 saturated heterocycles. The zero-order valence-electron chi connectivity index (χ0n) is 13.1. The molecule has 0 bridgehead atoms. The molecule has 0 radical (unpaired) electrons. The van der Waals surface area contributed by atoms with Gasteiger partial charge in [-0.3, -0.25) is 4.90 Å². The molecule has 0 amide bonds. The number of hydrogen-bond donors (Lipinski definition) is 0. The first-order valence-electron chi connectivity index (χ1n) is 8.06. The Bertz CT molecular complexity index is 464. The number of nitrogens with zero attached hydrogens (tertiary/aromatic N) is 3. The molecule has 0 spiro atoms. The van der Waals surface area contributed by atoms with Crippen LogP contribution < -0.4 is 0 Å². The average Bonchev–Trinajstić information content (AvgIpc) is 2.93. The minimum atomic E-state index is -3.37. The van der Waals surface area contributed by atoms with Gasteiger partial charge >= 0.3 is 0 Å². The minimum absolute atomic E-state index is 0.0617. The summed E-state index contributed by atoms with van der Waals surface area (Å²) in [5.41, 5.74) is 0. The molecule has 6 nitrogen and oxygen atoms in total. The summed E-state index contributed by atoms with van der Waals surface area (Å²) < 4.78 is 34.6. The van der Waals surface area contributed by atoms with Crippen molar-refractivity contribution in [2.75, 3.05) is 39.9 Å². The lowest BCUT2D eigenvalue weighted by atomic mass is 10.1. The van der Waals surface area contributed by atoms with Crippen LogP contribution in [0.4, 0.5) is 0 Å². The van der Waals surface area contributed by atoms with Gasteiger partial charge in [0.2, 0.25) is 0 Å². The van der Waals surface area contributed by atoms with Gasteiger partial charge in [-0.05, 0) is 39.2 Å². The molecule has 0 aliphatic carbocycles. The molecule has 2 atom stereocenters. The van der Waals surface area contributed by atoms with Crippen LogP contribution in [0.25, 0.3) is 0 Å². The highest BCUT2D eigenvalue weighted by molar-refractivity contribution is 7.86. The van der Waals surface area contributed by atoms with Gasteiger partial charge < -0.3 is 4.74 Å². The maximum Gasteiger partial charge on any atom is 0.282 e. The van der Waals surface area contributed by atoms with Crippen molar-refractivity contribution in [1.82, 2.24) is 13.5 Å². The van der Waals surface area contributed by atoms with Crippen LogP contribution in [0.15, 0.2) is 0 Å². The van der Waals surface area contributed by atoms with Crippen molar-refractivity contribution in [2.24, 2.45) is 0 Å². The first kappa shape index (κ1) is 15.7. The van der Waals surface area contributed by atoms with Crippen LogP contribution >= 0.6 is 0 Å². The van der Waals surface area contributed by atoms with Crippen molar-refractivity contribution in [2.45, 2.75) is 50.7 Å². The average molecular weight is 317 g/mol. The van der Waals surface area contributed by atoms with E-state index in [1.54, 1.807) is 15.7 Å². The molecule has 122 valence electrons. The molecular formula is C14H27N3O3S. The third-order valence-corrected chi connectivity index (χ3v) is 7.37. The summed E-state index contributed by atoms with van der Waals surface area (Å²) in [6.07, 6.45) is 3.92. The smallest absolute Gasteiger partial charge is 0.282 e. The van der Waals surface area contributed by atoms with Crippen molar-refractivity contribution >= 4 is 10.2 Å². The lowest BCUT2D eigenvalue weighted by Gasteiger charge is -2.44. The highest BCUT2D eigenvalue weighted by Gasteiger charge is 2.42. The second-order valence-electron chi connectivity index (χ2n) is 6.58. The van der Waals surface area contributed by atoms with Crippen LogP contribution in [0.2, 0.25) is 0 Å². The summed E-state index contributed by atoms with van der Waals surface area (Å²) in [5, 5.41) is 0. The Balaban J connectivity index is 1.73. The third kappa shape index (κ3) is 2.99. The van der Waals surface area contributed by atoms with Crippen LogP contribution in [-0.4, -0.2) is 79.9 Å². The topological polar surface area (TPSA) is 53.1 Å². The second kappa shape index (κ2) is 6.12. The Morgan fingerprint density at radius 3 is 2.57 bits per heavy atom. The highest BCUT2D eigenvalue weighted by atomic mass is 32.2. The van der Waals surface area contributed by atoms with Crippen LogP contribution in [0.3, 0.4) is 0 Å². The van der Waals surface area contributed by atoms with Crippen molar-refractivity contribution in [1.29, 1.82) is 0 Å². The van der Waals surface area contributed by atoms with Crippen LogP contribution in [-0.2, 0) is 14.9 Å². The minimum Gasteiger partial charge on any atom is -0.381 e. The molecule has 0 aromatic carbocycles. The fraction of sp³-hybridized carbons (Fsp3) is 1.00. The Morgan fingerprint density at radius 2 is 1.86 bits per heavy atom. The summed E-state index contributed by atoms with van der Waals surface area (Å²) in [4.78, 5) is 2.45. The van der Waals surface area contributed by atoms with Crippen LogP contribution in [0.1, 0.15) is 32.6 Å². The molecule has 3 fully saturated rings. The van der Waals surface area contributed by atoms with E-state index in [-0.39, 0.29) is 12.1 Å². The summed E-state index contributed by atoms with van der Waals surface area (Å²) in [5.74, 6) is 0. The summed E-state index contributed by atoms with van der Waals surface area (Å²) in [7, 11) is -1.63. The van der Waals surface area contributed by atoms with Crippen molar-refractivity contribution < 1.29 is 13.2 Å². The van der Waals surface area contributed by atoms with E-state index in [1.165, 1.54) is 6.42 Å². The molecule has 21 heavy (non-hydrogen) atoms. The zero-order chi connectivity index (χ0) is 15.0. The van der Waals surface area contributed by atoms with E-state index in [0.29, 0.717) is 25.8 Å². The lowest BCUT2D eigenvalue weighted by Crippen LogP contribution is -2.60. The molecule has 0 aromatic heterocycles. The van der Waals surface area contributed by atoms with Gasteiger partial charge in [-0.2, -0.15) is 17.0 Å². The van der Waals surface area contributed by atoms with Crippen molar-refractivity contribution in [3.8, 4) is 0 Å². The standard InChI is InChI=1S/C14H27N3O3S/c1-12-10-16-7-3-4-14(16)11-17(12)21(18,19)15(2)13-5-8-20-9-6-13/h12-14H,3-11H2,1-2H3. The maximum atomic E-state index is 13.0. The molecule has 2 unspecified atom stereocenters. The maximum absolute atomic E-state index is 13.0. The largest absolute Gasteiger partial charge is 0.381 e. The van der Waals surface area contributed by atoms with E-state index in [0.717, 1.165) is 32.4 Å². The van der Waals surface area contributed by atoms with Gasteiger partial charge in [-0.25, -0.2) is 0 Å². The summed E-state index contributed by atoms with van der Waals surface area (Å²) >= 11 is 0. The van der Waals surface area contributed by atoms with Gasteiger partial charge in [0.05, 0.1) is 0 Å². The molecule has 0 aromatic rings. The summed E-state index contributed by atoms with van der Waals surface area (Å²) in [6.45, 7) is 6.00. The second-order valence-corrected chi connectivity index (χ2v) is 8.52. The quantitative estimate of drug-likeness (QED) is 0.761. The van der Waals surface area contributed by atoms with Gasteiger partial charge in [0, 0.05) is 51.5 Å². The fourth-order valence-electron chi connectivity index (χ4n) is 3.88. The number of piperazine rings is 1. The molecule has 0 N–H and O–H groups in total. The first-order chi connectivity index (χ1) is 10.00. The van der Waals surface area contributed by atoms with Crippen LogP contribution in [0, 0.1) is 0 Å². The Morgan fingerprint density at radius 1 is 1.14 bits per heavy atom. The number of ether oxygens (including phenoxy) is 1. The molecule has 3 heterocycles. The lowest BCUT2D eigenvalue weighted by molar-refractivity contribution is 0.0584. The Kier molecular flexibility index (Phi) is 4.57. The number of hydrogen-bond acceptors (Lipinski definition) is 4. The van der Waals surface area contributed by atoms with Crippen LogP contribution in [0.5, 0.6) is 0 Å². The Hall–Kier alpha value is -0.210. The SMILES string of the molecule is CC1CN2CCCC2CN1S(=O)(=O)N(C)C1CCOCC1. The van der Waals surface area contributed by atoms with Gasteiger partial charge in [-0.1, -0.05) is 0 Å². The van der Waals surface area contributed by atoms with Crippen molar-refractivity contribution in [3.05, 3.63) is 0 Å². The van der Waals surface area contributed by atoms with E-state index in [1.807, 2.05) is 6.92 Å². The Labute approximate surface area is 128 Å². The van der Waals surface area contributed by atoms with E-state index in [9.17, 15) is 8.42 Å². The normalized spacial score (nSPS) is 33.5. The van der Waals surface area contributed by atoms with E-state index < -0.39 is 10.2 Å². The molecule has 3 rings (SSSR count). The molecule has 3 aliphatic heterocycles. The molecule has 3 aliphatic rings. The molecule has 0 saturated carbocycles. The number of rotatable bonds is 3. The van der Waals surface area contributed by atoms with Gasteiger partial charge in [0.1, 0.15) is 0 Å². The predicted octanol–water partition coefficient (Wildman–Crippen LogP) is 0.511. The van der Waals surface area contributed by atoms with E-state index >= 15 is 0 Å². The van der Waals surface area contributed by atoms with Gasteiger partial charge in [0.15, 0.2) is 0 Å². The number of fused-ring (bicyclic) bond motifs is 1. The summed E-state index contributed by atoms with van der Waals surface area (Å²) in [6, 6.07) is 0.559. The predicted molar refractivity (Wildman–Crippen MR) is 81.3 cm³/mol. The fourth-order valence-corrected chi connectivity index (χ4v) is 5.68. The highest BCUT2D eigenvalue weighted by Crippen LogP contribution is 2.28. The molecule has 7 heteroatoms. The monoisotopic (exact) mass is 317 g/mol. The van der Waals surface area contributed by atoms with E-state index in [4.69, 9.17) is 4.74 Å². The molecular weight excluding hydrogens is 290 g/mol. The zero-order valence-corrected chi connectivity index (χ0v) is 13.9. The van der Waals surface area contributed by atoms with Crippen molar-refractivity contribution in [3.63, 3.8) is 0 Å². The van der Waals surface area contributed by atoms with E-state index in [2.05, 4.69) is 4.90 Å². The van der Waals surface area contributed by atoms with Gasteiger partial charge in [0.25, 0.3) is 10.2 Å². The first-order valence-corrected chi connectivity index (χ1v) is 9.46. The third-order valence-electron chi connectivity index (χ3n) is 5.25.